The van der Waals surface area contributed by atoms with Gasteiger partial charge in [0.2, 0.25) is 0 Å². The van der Waals surface area contributed by atoms with Crippen molar-refractivity contribution >= 4 is 17.8 Å². The number of carbonyl (C=O) groups excluding carboxylic acids is 1. The van der Waals surface area contributed by atoms with Gasteiger partial charge < -0.3 is 19.5 Å². The Morgan fingerprint density at radius 1 is 1.39 bits per heavy atom. The largest absolute Gasteiger partial charge is 0.493 e. The van der Waals surface area contributed by atoms with Gasteiger partial charge in [0.1, 0.15) is 5.75 Å². The Kier molecular flexibility index (Phi) is 4.93. The SMILES string of the molecule is COCCCOc1cc2c(cc1CO)C(=O)N1CCC[C@H]1C=N2. The normalized spacial score (nSPS) is 19.5. The minimum Gasteiger partial charge on any atom is -0.493 e. The summed E-state index contributed by atoms with van der Waals surface area (Å²) in [4.78, 5) is 19.0. The maximum atomic E-state index is 12.7. The van der Waals surface area contributed by atoms with Gasteiger partial charge in [-0.15, -0.1) is 0 Å². The standard InChI is InChI=1S/C17H22N2O4/c1-22-6-3-7-23-16-9-15-14(8-12(16)11-20)17(21)19-5-2-4-13(19)10-18-15/h8-10,13,20H,2-7,11H2,1H3/t13-/m0/s1. The van der Waals surface area contributed by atoms with E-state index in [9.17, 15) is 9.90 Å². The molecular weight excluding hydrogens is 296 g/mol. The monoisotopic (exact) mass is 318 g/mol. The highest BCUT2D eigenvalue weighted by molar-refractivity contribution is 6.03. The van der Waals surface area contributed by atoms with Crippen LogP contribution < -0.4 is 4.74 Å². The Balaban J connectivity index is 1.87. The quantitative estimate of drug-likeness (QED) is 0.813. The first-order valence-corrected chi connectivity index (χ1v) is 7.99. The summed E-state index contributed by atoms with van der Waals surface area (Å²) in [7, 11) is 1.65. The van der Waals surface area contributed by atoms with Crippen LogP contribution in [0, 0.1) is 0 Å². The number of benzene rings is 1. The molecule has 0 aliphatic carbocycles. The summed E-state index contributed by atoms with van der Waals surface area (Å²) in [6.45, 7) is 1.70. The Morgan fingerprint density at radius 2 is 2.26 bits per heavy atom. The molecule has 1 atom stereocenters. The van der Waals surface area contributed by atoms with E-state index in [0.29, 0.717) is 35.8 Å². The molecule has 0 radical (unpaired) electrons. The molecule has 2 heterocycles. The highest BCUT2D eigenvalue weighted by Crippen LogP contribution is 2.34. The minimum atomic E-state index is -0.173. The summed E-state index contributed by atoms with van der Waals surface area (Å²) < 4.78 is 10.7. The summed E-state index contributed by atoms with van der Waals surface area (Å²) in [6.07, 6.45) is 4.57. The first-order valence-electron chi connectivity index (χ1n) is 7.99. The number of amides is 1. The van der Waals surface area contributed by atoms with Crippen LogP contribution >= 0.6 is 0 Å². The van der Waals surface area contributed by atoms with Crippen LogP contribution in [-0.4, -0.2) is 55.0 Å². The number of aliphatic hydroxyl groups is 1. The molecular formula is C17H22N2O4. The zero-order chi connectivity index (χ0) is 16.2. The molecule has 3 rings (SSSR count). The van der Waals surface area contributed by atoms with Crippen LogP contribution in [0.25, 0.3) is 0 Å². The Morgan fingerprint density at radius 3 is 3.04 bits per heavy atom. The summed E-state index contributed by atoms with van der Waals surface area (Å²) in [5.74, 6) is 0.565. The second-order valence-corrected chi connectivity index (χ2v) is 5.82. The lowest BCUT2D eigenvalue weighted by Crippen LogP contribution is -2.35. The molecule has 124 valence electrons. The topological polar surface area (TPSA) is 71.4 Å². The van der Waals surface area contributed by atoms with E-state index in [1.54, 1.807) is 19.2 Å². The lowest BCUT2D eigenvalue weighted by molar-refractivity contribution is 0.0774. The fourth-order valence-corrected chi connectivity index (χ4v) is 3.06. The molecule has 6 heteroatoms. The molecule has 2 aliphatic rings. The number of aliphatic hydroxyl groups excluding tert-OH is 1. The molecule has 6 nitrogen and oxygen atoms in total. The lowest BCUT2D eigenvalue weighted by Gasteiger charge is -2.20. The highest BCUT2D eigenvalue weighted by Gasteiger charge is 2.32. The average Bonchev–Trinajstić information content (AvgIpc) is 3.00. The van der Waals surface area contributed by atoms with Gasteiger partial charge in [0.15, 0.2) is 0 Å². The first-order chi connectivity index (χ1) is 11.2. The number of hydrogen-bond donors (Lipinski definition) is 1. The third kappa shape index (κ3) is 3.23. The van der Waals surface area contributed by atoms with Crippen LogP contribution in [0.2, 0.25) is 0 Å². The second-order valence-electron chi connectivity index (χ2n) is 5.82. The molecule has 1 saturated heterocycles. The maximum Gasteiger partial charge on any atom is 0.256 e. The number of carbonyl (C=O) groups is 1. The van der Waals surface area contributed by atoms with Crippen molar-refractivity contribution in [3.63, 3.8) is 0 Å². The number of ether oxygens (including phenoxy) is 2. The van der Waals surface area contributed by atoms with Gasteiger partial charge in [0.05, 0.1) is 30.5 Å². The molecule has 1 N–H and O–H groups in total. The molecule has 1 amide bonds. The van der Waals surface area contributed by atoms with E-state index in [4.69, 9.17) is 9.47 Å². The fraction of sp³-hybridized carbons (Fsp3) is 0.529. The van der Waals surface area contributed by atoms with E-state index in [-0.39, 0.29) is 18.6 Å². The first kappa shape index (κ1) is 16.0. The van der Waals surface area contributed by atoms with E-state index in [1.165, 1.54) is 0 Å². The lowest BCUT2D eigenvalue weighted by atomic mass is 10.1. The van der Waals surface area contributed by atoms with Gasteiger partial charge in [-0.05, 0) is 18.9 Å². The molecule has 0 unspecified atom stereocenters. The van der Waals surface area contributed by atoms with Gasteiger partial charge >= 0.3 is 0 Å². The minimum absolute atomic E-state index is 0.0133. The molecule has 1 aromatic rings. The Labute approximate surface area is 135 Å². The molecule has 23 heavy (non-hydrogen) atoms. The van der Waals surface area contributed by atoms with Gasteiger partial charge in [-0.25, -0.2) is 0 Å². The van der Waals surface area contributed by atoms with E-state index >= 15 is 0 Å². The number of methoxy groups -OCH3 is 1. The van der Waals surface area contributed by atoms with Crippen molar-refractivity contribution in [3.05, 3.63) is 23.3 Å². The third-order valence-corrected chi connectivity index (χ3v) is 4.28. The van der Waals surface area contributed by atoms with Crippen molar-refractivity contribution in [2.24, 2.45) is 4.99 Å². The summed E-state index contributed by atoms with van der Waals surface area (Å²) >= 11 is 0. The average molecular weight is 318 g/mol. The van der Waals surface area contributed by atoms with Crippen molar-refractivity contribution in [1.82, 2.24) is 4.90 Å². The summed E-state index contributed by atoms with van der Waals surface area (Å²) in [5.41, 5.74) is 1.77. The van der Waals surface area contributed by atoms with Crippen LogP contribution in [0.5, 0.6) is 5.75 Å². The van der Waals surface area contributed by atoms with Gasteiger partial charge in [-0.2, -0.15) is 0 Å². The third-order valence-electron chi connectivity index (χ3n) is 4.28. The van der Waals surface area contributed by atoms with Gasteiger partial charge in [-0.1, -0.05) is 0 Å². The zero-order valence-corrected chi connectivity index (χ0v) is 13.3. The van der Waals surface area contributed by atoms with Crippen LogP contribution in [0.4, 0.5) is 5.69 Å². The number of rotatable bonds is 6. The van der Waals surface area contributed by atoms with Crippen molar-refractivity contribution in [2.75, 3.05) is 26.9 Å². The van der Waals surface area contributed by atoms with E-state index in [2.05, 4.69) is 4.99 Å². The second kappa shape index (κ2) is 7.10. The van der Waals surface area contributed by atoms with Crippen LogP contribution in [0.1, 0.15) is 35.2 Å². The molecule has 1 aromatic carbocycles. The molecule has 0 saturated carbocycles. The van der Waals surface area contributed by atoms with Crippen molar-refractivity contribution in [1.29, 1.82) is 0 Å². The smallest absolute Gasteiger partial charge is 0.256 e. The van der Waals surface area contributed by atoms with Crippen LogP contribution in [0.3, 0.4) is 0 Å². The number of hydrogen-bond acceptors (Lipinski definition) is 5. The molecule has 2 aliphatic heterocycles. The van der Waals surface area contributed by atoms with Crippen molar-refractivity contribution in [3.8, 4) is 5.75 Å². The Bertz CT molecular complexity index is 615. The predicted molar refractivity (Wildman–Crippen MR) is 86.6 cm³/mol. The zero-order valence-electron chi connectivity index (χ0n) is 13.3. The van der Waals surface area contributed by atoms with Crippen LogP contribution in [0.15, 0.2) is 17.1 Å². The number of nitrogens with zero attached hydrogens (tertiary/aromatic N) is 2. The van der Waals surface area contributed by atoms with Gasteiger partial charge in [0.25, 0.3) is 5.91 Å². The summed E-state index contributed by atoms with van der Waals surface area (Å²) in [6, 6.07) is 3.55. The van der Waals surface area contributed by atoms with Crippen molar-refractivity contribution in [2.45, 2.75) is 31.9 Å². The summed E-state index contributed by atoms with van der Waals surface area (Å²) in [5, 5.41) is 9.60. The number of aliphatic imine (C=N–C) groups is 1. The van der Waals surface area contributed by atoms with Crippen LogP contribution in [-0.2, 0) is 11.3 Å². The maximum absolute atomic E-state index is 12.7. The predicted octanol–water partition coefficient (Wildman–Crippen LogP) is 1.91. The Hall–Kier alpha value is -1.92. The van der Waals surface area contributed by atoms with Crippen molar-refractivity contribution < 1.29 is 19.4 Å². The molecule has 1 fully saturated rings. The molecule has 0 aromatic heterocycles. The molecule has 0 spiro atoms. The number of fused-ring (bicyclic) bond motifs is 2. The molecule has 0 bridgehead atoms. The highest BCUT2D eigenvalue weighted by atomic mass is 16.5. The van der Waals surface area contributed by atoms with E-state index in [1.807, 2.05) is 11.1 Å². The van der Waals surface area contributed by atoms with E-state index in [0.717, 1.165) is 25.8 Å². The van der Waals surface area contributed by atoms with Gasteiger partial charge in [0, 0.05) is 44.5 Å². The fourth-order valence-electron chi connectivity index (χ4n) is 3.06. The van der Waals surface area contributed by atoms with E-state index < -0.39 is 0 Å². The van der Waals surface area contributed by atoms with Gasteiger partial charge in [-0.3, -0.25) is 9.79 Å².